The lowest BCUT2D eigenvalue weighted by Crippen LogP contribution is -2.25. The van der Waals surface area contributed by atoms with Gasteiger partial charge in [-0.05, 0) is 57.3 Å². The maximum atomic E-state index is 12.3. The van der Waals surface area contributed by atoms with E-state index in [9.17, 15) is 14.4 Å². The summed E-state index contributed by atoms with van der Waals surface area (Å²) in [7, 11) is 0. The van der Waals surface area contributed by atoms with Gasteiger partial charge in [0.15, 0.2) is 0 Å². The molecule has 0 aromatic rings. The number of hydrogen-bond acceptors (Lipinski definition) is 4. The van der Waals surface area contributed by atoms with Crippen LogP contribution in [0.15, 0.2) is 11.6 Å². The summed E-state index contributed by atoms with van der Waals surface area (Å²) >= 11 is 0. The number of carbonyl (C=O) groups excluding carboxylic acids is 1. The van der Waals surface area contributed by atoms with Crippen LogP contribution in [-0.4, -0.2) is 34.7 Å². The molecule has 6 nitrogen and oxygen atoms in total. The zero-order valence-corrected chi connectivity index (χ0v) is 24.3. The molecule has 216 valence electrons. The number of carbonyl (C=O) groups is 3. The van der Waals surface area contributed by atoms with E-state index in [1.807, 2.05) is 0 Å². The molecule has 2 N–H and O–H groups in total. The van der Waals surface area contributed by atoms with Gasteiger partial charge in [0.1, 0.15) is 0 Å². The van der Waals surface area contributed by atoms with Gasteiger partial charge in [0.2, 0.25) is 0 Å². The van der Waals surface area contributed by atoms with Crippen molar-refractivity contribution in [3.8, 4) is 0 Å². The first kappa shape index (κ1) is 35.2. The number of rotatable bonds is 19. The summed E-state index contributed by atoms with van der Waals surface area (Å²) in [5.41, 5.74) is 0.921. The lowest BCUT2D eigenvalue weighted by atomic mass is 9.82. The Morgan fingerprint density at radius 2 is 1.16 bits per heavy atom. The fraction of sp³-hybridized carbons (Fsp3) is 0.839. The Balaban J connectivity index is 0.000000893. The molecule has 0 radical (unpaired) electrons. The number of ether oxygens (including phenoxy) is 1. The van der Waals surface area contributed by atoms with Gasteiger partial charge in [0.25, 0.3) is 0 Å². The first-order valence-corrected chi connectivity index (χ1v) is 15.0. The third-order valence-electron chi connectivity index (χ3n) is 6.98. The average Bonchev–Trinajstić information content (AvgIpc) is 2.87. The van der Waals surface area contributed by atoms with Crippen LogP contribution < -0.4 is 0 Å². The Morgan fingerprint density at radius 3 is 1.59 bits per heavy atom. The minimum absolute atomic E-state index is 0.0757. The Labute approximate surface area is 226 Å². The van der Waals surface area contributed by atoms with E-state index in [2.05, 4.69) is 33.8 Å². The lowest BCUT2D eigenvalue weighted by Gasteiger charge is -2.22. The number of esters is 1. The Morgan fingerprint density at radius 1 is 0.730 bits per heavy atom. The van der Waals surface area contributed by atoms with Gasteiger partial charge in [-0.25, -0.2) is 4.79 Å². The normalized spacial score (nSPS) is 17.7. The fourth-order valence-electron chi connectivity index (χ4n) is 4.51. The van der Waals surface area contributed by atoms with E-state index in [1.165, 1.54) is 70.6 Å². The third-order valence-corrected chi connectivity index (χ3v) is 6.98. The van der Waals surface area contributed by atoms with Crippen LogP contribution in [0.25, 0.3) is 0 Å². The highest BCUT2D eigenvalue weighted by Gasteiger charge is 2.29. The van der Waals surface area contributed by atoms with E-state index < -0.39 is 11.9 Å². The minimum atomic E-state index is -0.793. The van der Waals surface area contributed by atoms with Crippen molar-refractivity contribution in [2.75, 3.05) is 6.61 Å². The molecule has 0 unspecified atom stereocenters. The zero-order chi connectivity index (χ0) is 27.9. The molecule has 37 heavy (non-hydrogen) atoms. The van der Waals surface area contributed by atoms with Crippen LogP contribution in [0.1, 0.15) is 143 Å². The monoisotopic (exact) mass is 524 g/mol. The summed E-state index contributed by atoms with van der Waals surface area (Å²) in [6.45, 7) is 9.19. The average molecular weight is 525 g/mol. The number of unbranched alkanes of at least 4 members (excludes halogenated alkanes) is 11. The second-order valence-corrected chi connectivity index (χ2v) is 11.0. The predicted octanol–water partition coefficient (Wildman–Crippen LogP) is 8.58. The van der Waals surface area contributed by atoms with Crippen molar-refractivity contribution in [3.63, 3.8) is 0 Å². The highest BCUT2D eigenvalue weighted by Crippen LogP contribution is 2.28. The van der Waals surface area contributed by atoms with Gasteiger partial charge in [-0.2, -0.15) is 0 Å². The molecule has 1 fully saturated rings. The van der Waals surface area contributed by atoms with Crippen LogP contribution >= 0.6 is 0 Å². The first-order chi connectivity index (χ1) is 17.7. The molecule has 1 rings (SSSR count). The van der Waals surface area contributed by atoms with Crippen molar-refractivity contribution in [2.45, 2.75) is 143 Å². The van der Waals surface area contributed by atoms with Gasteiger partial charge < -0.3 is 14.9 Å². The molecule has 0 saturated heterocycles. The van der Waals surface area contributed by atoms with Crippen molar-refractivity contribution < 1.29 is 29.3 Å². The second-order valence-electron chi connectivity index (χ2n) is 11.0. The van der Waals surface area contributed by atoms with Crippen LogP contribution in [-0.2, 0) is 19.1 Å². The molecule has 0 atom stereocenters. The molecule has 0 aliphatic heterocycles. The Hall–Kier alpha value is -1.85. The van der Waals surface area contributed by atoms with E-state index in [4.69, 9.17) is 14.9 Å². The number of carboxylic acid groups (broad SMARTS) is 2. The fourth-order valence-corrected chi connectivity index (χ4v) is 4.51. The van der Waals surface area contributed by atoms with Crippen LogP contribution in [0.2, 0.25) is 0 Å². The molecule has 0 amide bonds. The Kier molecular flexibility index (Phi) is 22.1. The van der Waals surface area contributed by atoms with Crippen molar-refractivity contribution in [2.24, 2.45) is 17.8 Å². The molecule has 1 aliphatic carbocycles. The van der Waals surface area contributed by atoms with Crippen LogP contribution in [0.3, 0.4) is 0 Å². The standard InChI is InChI=1S/C23H44O2.C8H12O4/c1-5-7-9-11-13-15-17-19-22(23(24)25-20-21(3)4)18-16-14-12-10-8-6-2;9-7(10)5-1-2-6(4-3-5)8(11)12/h18,21H,5-17,19-20H2,1-4H3;5-6H,1-4H2,(H,9,10)(H,11,12). The smallest absolute Gasteiger partial charge is 0.333 e. The molecule has 0 bridgehead atoms. The summed E-state index contributed by atoms with van der Waals surface area (Å²) in [6.07, 6.45) is 21.5. The summed E-state index contributed by atoms with van der Waals surface area (Å²) in [6, 6.07) is 0. The van der Waals surface area contributed by atoms with E-state index in [0.29, 0.717) is 38.2 Å². The van der Waals surface area contributed by atoms with Gasteiger partial charge in [-0.1, -0.05) is 98.0 Å². The molecule has 6 heteroatoms. The summed E-state index contributed by atoms with van der Waals surface area (Å²) in [5, 5.41) is 17.2. The van der Waals surface area contributed by atoms with Crippen molar-refractivity contribution in [3.05, 3.63) is 11.6 Å². The topological polar surface area (TPSA) is 101 Å². The van der Waals surface area contributed by atoms with Crippen molar-refractivity contribution in [1.29, 1.82) is 0 Å². The molecule has 1 aliphatic rings. The molecular weight excluding hydrogens is 468 g/mol. The molecule has 0 spiro atoms. The number of aliphatic carboxylic acids is 2. The molecule has 1 saturated carbocycles. The van der Waals surface area contributed by atoms with Crippen molar-refractivity contribution in [1.82, 2.24) is 0 Å². The van der Waals surface area contributed by atoms with Crippen LogP contribution in [0, 0.1) is 17.8 Å². The van der Waals surface area contributed by atoms with Gasteiger partial charge in [-0.3, -0.25) is 9.59 Å². The maximum absolute atomic E-state index is 12.3. The molecule has 0 heterocycles. The maximum Gasteiger partial charge on any atom is 0.333 e. The second kappa shape index (κ2) is 23.3. The third kappa shape index (κ3) is 19.9. The van der Waals surface area contributed by atoms with Crippen LogP contribution in [0.5, 0.6) is 0 Å². The number of carboxylic acids is 2. The summed E-state index contributed by atoms with van der Waals surface area (Å²) in [4.78, 5) is 33.3. The highest BCUT2D eigenvalue weighted by molar-refractivity contribution is 5.88. The Bertz CT molecular complexity index is 610. The van der Waals surface area contributed by atoms with Crippen LogP contribution in [0.4, 0.5) is 0 Å². The highest BCUT2D eigenvalue weighted by atomic mass is 16.5. The largest absolute Gasteiger partial charge is 0.481 e. The quantitative estimate of drug-likeness (QED) is 0.0996. The van der Waals surface area contributed by atoms with Gasteiger partial charge in [0.05, 0.1) is 18.4 Å². The number of allylic oxidation sites excluding steroid dienone is 1. The lowest BCUT2D eigenvalue weighted by molar-refractivity contribution is -0.148. The van der Waals surface area contributed by atoms with E-state index in [1.54, 1.807) is 0 Å². The van der Waals surface area contributed by atoms with Gasteiger partial charge in [-0.15, -0.1) is 0 Å². The minimum Gasteiger partial charge on any atom is -0.481 e. The van der Waals surface area contributed by atoms with E-state index in [0.717, 1.165) is 24.8 Å². The van der Waals surface area contributed by atoms with E-state index >= 15 is 0 Å². The summed E-state index contributed by atoms with van der Waals surface area (Å²) < 4.78 is 5.46. The van der Waals surface area contributed by atoms with Gasteiger partial charge >= 0.3 is 17.9 Å². The molecular formula is C31H56O6. The summed E-state index contributed by atoms with van der Waals surface area (Å²) in [5.74, 6) is -1.90. The van der Waals surface area contributed by atoms with E-state index in [-0.39, 0.29) is 17.8 Å². The molecule has 0 aromatic heterocycles. The predicted molar refractivity (Wildman–Crippen MR) is 151 cm³/mol. The first-order valence-electron chi connectivity index (χ1n) is 15.0. The SMILES string of the molecule is CCCCCCCC=C(CCCCCCCCC)C(=O)OCC(C)C.O=C(O)C1CCC(C(=O)O)CC1. The van der Waals surface area contributed by atoms with Crippen molar-refractivity contribution >= 4 is 17.9 Å². The number of hydrogen-bond donors (Lipinski definition) is 2. The molecule has 0 aromatic carbocycles. The zero-order valence-electron chi connectivity index (χ0n) is 24.3. The van der Waals surface area contributed by atoms with Gasteiger partial charge in [0, 0.05) is 5.57 Å².